The molecule has 0 radical (unpaired) electrons. The monoisotopic (exact) mass is 245 g/mol. The van der Waals surface area contributed by atoms with Crippen LogP contribution in [0.3, 0.4) is 0 Å². The maximum absolute atomic E-state index is 6.22. The quantitative estimate of drug-likeness (QED) is 0.769. The molecule has 6 heteroatoms. The maximum atomic E-state index is 6.22. The lowest BCUT2D eigenvalue weighted by Gasteiger charge is -2.27. The van der Waals surface area contributed by atoms with Gasteiger partial charge in [0.15, 0.2) is 11.6 Å². The Hall–Kier alpha value is -1.82. The minimum atomic E-state index is 0.252. The summed E-state index contributed by atoms with van der Waals surface area (Å²) in [6, 6.07) is 2.46. The highest BCUT2D eigenvalue weighted by Gasteiger charge is 2.46. The van der Waals surface area contributed by atoms with Crippen molar-refractivity contribution in [3.8, 4) is 0 Å². The topological polar surface area (TPSA) is 94.2 Å². The van der Waals surface area contributed by atoms with Crippen LogP contribution in [0.2, 0.25) is 0 Å². The van der Waals surface area contributed by atoms with E-state index in [9.17, 15) is 0 Å². The molecule has 0 amide bonds. The number of aromatic nitrogens is 2. The third-order valence-electron chi connectivity index (χ3n) is 4.32. The Morgan fingerprint density at radius 1 is 1.39 bits per heavy atom. The number of nitrogens with two attached hydrogens (primary N) is 2. The molecule has 0 spiro atoms. The Balaban J connectivity index is 1.84. The molecule has 0 unspecified atom stereocenters. The van der Waals surface area contributed by atoms with Crippen molar-refractivity contribution in [2.24, 2.45) is 11.7 Å². The smallest absolute Gasteiger partial charge is 0.211 e. The molecule has 1 saturated heterocycles. The summed E-state index contributed by atoms with van der Waals surface area (Å²) in [4.78, 5) is 6.69. The van der Waals surface area contributed by atoms with Crippen molar-refractivity contribution in [3.05, 3.63) is 12.3 Å². The number of hydrogen-bond donors (Lipinski definition) is 2. The van der Waals surface area contributed by atoms with Crippen LogP contribution in [-0.4, -0.2) is 28.8 Å². The minimum Gasteiger partial charge on any atom is -0.380 e. The molecule has 2 bridgehead atoms. The molecule has 2 aromatic heterocycles. The lowest BCUT2D eigenvalue weighted by atomic mass is 10.1. The summed E-state index contributed by atoms with van der Waals surface area (Å²) in [5, 5.41) is 4.64. The highest BCUT2D eigenvalue weighted by molar-refractivity contribution is 5.94. The van der Waals surface area contributed by atoms with Gasteiger partial charge in [-0.2, -0.15) is 0 Å². The summed E-state index contributed by atoms with van der Waals surface area (Å²) in [5.74, 6) is 1.83. The summed E-state index contributed by atoms with van der Waals surface area (Å²) in [5.41, 5.74) is 12.7. The summed E-state index contributed by atoms with van der Waals surface area (Å²) < 4.78 is 5.32. The second-order valence-electron chi connectivity index (χ2n) is 5.21. The molecule has 3 heterocycles. The summed E-state index contributed by atoms with van der Waals surface area (Å²) in [6.07, 6.45) is 4.10. The molecule has 1 aliphatic heterocycles. The zero-order chi connectivity index (χ0) is 12.3. The van der Waals surface area contributed by atoms with Crippen LogP contribution >= 0.6 is 0 Å². The van der Waals surface area contributed by atoms with E-state index in [1.165, 1.54) is 6.42 Å². The van der Waals surface area contributed by atoms with Crippen LogP contribution in [-0.2, 0) is 0 Å². The van der Waals surface area contributed by atoms with Crippen LogP contribution in [0.15, 0.2) is 16.8 Å². The fourth-order valence-electron chi connectivity index (χ4n) is 3.37. The molecule has 2 fully saturated rings. The van der Waals surface area contributed by atoms with Crippen LogP contribution in [0, 0.1) is 5.92 Å². The van der Waals surface area contributed by atoms with Gasteiger partial charge in [-0.3, -0.25) is 0 Å². The van der Waals surface area contributed by atoms with Gasteiger partial charge in [-0.15, -0.1) is 0 Å². The van der Waals surface area contributed by atoms with Gasteiger partial charge >= 0.3 is 0 Å². The van der Waals surface area contributed by atoms with E-state index in [1.807, 2.05) is 6.07 Å². The Morgan fingerprint density at radius 2 is 2.28 bits per heavy atom. The summed E-state index contributed by atoms with van der Waals surface area (Å²) in [7, 11) is 0. The van der Waals surface area contributed by atoms with E-state index in [1.54, 1.807) is 6.20 Å². The fraction of sp³-hybridized carbons (Fsp3) is 0.500. The highest BCUT2D eigenvalue weighted by Crippen LogP contribution is 2.41. The van der Waals surface area contributed by atoms with Gasteiger partial charge in [0, 0.05) is 24.8 Å². The first-order chi connectivity index (χ1) is 8.75. The van der Waals surface area contributed by atoms with Gasteiger partial charge in [-0.05, 0) is 24.8 Å². The zero-order valence-electron chi connectivity index (χ0n) is 9.91. The van der Waals surface area contributed by atoms with Crippen molar-refractivity contribution in [2.45, 2.75) is 24.9 Å². The first kappa shape index (κ1) is 10.1. The molecule has 2 aromatic rings. The van der Waals surface area contributed by atoms with Gasteiger partial charge in [0.1, 0.15) is 0 Å². The second-order valence-corrected chi connectivity index (χ2v) is 5.21. The molecule has 0 aromatic carbocycles. The van der Waals surface area contributed by atoms with E-state index in [4.69, 9.17) is 16.0 Å². The number of nitrogen functional groups attached to an aromatic ring is 1. The van der Waals surface area contributed by atoms with E-state index in [0.29, 0.717) is 23.4 Å². The van der Waals surface area contributed by atoms with Crippen LogP contribution in [0.1, 0.15) is 12.8 Å². The number of fused-ring (bicyclic) bond motifs is 3. The lowest BCUT2D eigenvalue weighted by molar-refractivity contribution is 0.457. The Kier molecular flexibility index (Phi) is 1.89. The van der Waals surface area contributed by atoms with Gasteiger partial charge in [0.2, 0.25) is 5.58 Å². The van der Waals surface area contributed by atoms with Gasteiger partial charge in [0.05, 0.1) is 5.39 Å². The largest absolute Gasteiger partial charge is 0.380 e. The van der Waals surface area contributed by atoms with E-state index in [-0.39, 0.29) is 6.04 Å². The van der Waals surface area contributed by atoms with Crippen LogP contribution in [0.4, 0.5) is 11.6 Å². The predicted octanol–water partition coefficient (Wildman–Crippen LogP) is 0.731. The molecular weight excluding hydrogens is 230 g/mol. The molecule has 1 saturated carbocycles. The molecule has 18 heavy (non-hydrogen) atoms. The predicted molar refractivity (Wildman–Crippen MR) is 68.0 cm³/mol. The van der Waals surface area contributed by atoms with Crippen molar-refractivity contribution < 1.29 is 4.52 Å². The van der Waals surface area contributed by atoms with E-state index in [0.717, 1.165) is 24.2 Å². The molecule has 94 valence electrons. The number of piperidine rings is 1. The average molecular weight is 245 g/mol. The molecule has 4 N–H and O–H groups in total. The minimum absolute atomic E-state index is 0.252. The summed E-state index contributed by atoms with van der Waals surface area (Å²) in [6.45, 7) is 0.957. The molecule has 3 atom stereocenters. The molecule has 4 rings (SSSR count). The highest BCUT2D eigenvalue weighted by atomic mass is 16.5. The first-order valence-electron chi connectivity index (χ1n) is 6.28. The van der Waals surface area contributed by atoms with Crippen molar-refractivity contribution in [2.75, 3.05) is 17.2 Å². The second kappa shape index (κ2) is 3.35. The van der Waals surface area contributed by atoms with Gasteiger partial charge in [-0.1, -0.05) is 5.16 Å². The normalized spacial score (nSPS) is 30.5. The first-order valence-corrected chi connectivity index (χ1v) is 6.28. The zero-order valence-corrected chi connectivity index (χ0v) is 9.91. The molecule has 2 aliphatic rings. The number of rotatable bonds is 1. The van der Waals surface area contributed by atoms with E-state index >= 15 is 0 Å². The SMILES string of the molecule is Nc1noc2c(N3C[C@@H]4CC[C@H]3[C@@H]4N)nccc12. The Morgan fingerprint density at radius 3 is 3.00 bits per heavy atom. The lowest BCUT2D eigenvalue weighted by Crippen LogP contribution is -2.38. The van der Waals surface area contributed by atoms with Gasteiger partial charge in [0.25, 0.3) is 0 Å². The van der Waals surface area contributed by atoms with Crippen molar-refractivity contribution in [1.29, 1.82) is 0 Å². The molecule has 1 aliphatic carbocycles. The Labute approximate surface area is 104 Å². The maximum Gasteiger partial charge on any atom is 0.211 e. The van der Waals surface area contributed by atoms with Crippen LogP contribution in [0.5, 0.6) is 0 Å². The number of anilines is 2. The standard InChI is InChI=1S/C12H15N5O/c13-9-6-1-2-8(9)17(5-6)12-10-7(3-4-15-12)11(14)16-18-10/h3-4,6,8-9H,1-2,5,13H2,(H2,14,16)/t6-,8-,9+/m0/s1. The van der Waals surface area contributed by atoms with Crippen LogP contribution < -0.4 is 16.4 Å². The number of nitrogens with zero attached hydrogens (tertiary/aromatic N) is 3. The third kappa shape index (κ3) is 1.16. The average Bonchev–Trinajstić information content (AvgIpc) is 3.04. The third-order valence-corrected chi connectivity index (χ3v) is 4.32. The van der Waals surface area contributed by atoms with Gasteiger partial charge < -0.3 is 20.9 Å². The summed E-state index contributed by atoms with van der Waals surface area (Å²) >= 11 is 0. The van der Waals surface area contributed by atoms with E-state index in [2.05, 4.69) is 15.0 Å². The van der Waals surface area contributed by atoms with E-state index < -0.39 is 0 Å². The van der Waals surface area contributed by atoms with Crippen molar-refractivity contribution >= 4 is 22.6 Å². The molecule has 6 nitrogen and oxygen atoms in total. The van der Waals surface area contributed by atoms with Crippen LogP contribution in [0.25, 0.3) is 11.0 Å². The van der Waals surface area contributed by atoms with Gasteiger partial charge in [-0.25, -0.2) is 4.98 Å². The van der Waals surface area contributed by atoms with Crippen molar-refractivity contribution in [1.82, 2.24) is 10.1 Å². The number of hydrogen-bond acceptors (Lipinski definition) is 6. The van der Waals surface area contributed by atoms with Crippen molar-refractivity contribution in [3.63, 3.8) is 0 Å². The fourth-order valence-corrected chi connectivity index (χ4v) is 3.37. The molecular formula is C12H15N5O. The number of pyridine rings is 1. The Bertz CT molecular complexity index is 610.